The number of hydrogen-bond acceptors (Lipinski definition) is 5. The van der Waals surface area contributed by atoms with Crippen molar-refractivity contribution in [2.75, 3.05) is 11.9 Å². The Morgan fingerprint density at radius 3 is 2.65 bits per heavy atom. The number of hydrogen-bond donors (Lipinski definition) is 2. The predicted molar refractivity (Wildman–Crippen MR) is 83.7 cm³/mol. The Labute approximate surface area is 149 Å². The van der Waals surface area contributed by atoms with Crippen LogP contribution in [0.25, 0.3) is 0 Å². The highest BCUT2D eigenvalue weighted by molar-refractivity contribution is 6.30. The van der Waals surface area contributed by atoms with Crippen molar-refractivity contribution in [2.24, 2.45) is 0 Å². The molecule has 0 radical (unpaired) electrons. The summed E-state index contributed by atoms with van der Waals surface area (Å²) in [7, 11) is 0. The van der Waals surface area contributed by atoms with Gasteiger partial charge in [0.05, 0.1) is 12.2 Å². The Balaban J connectivity index is 2.00. The van der Waals surface area contributed by atoms with Gasteiger partial charge in [-0.05, 0) is 24.3 Å². The number of fused-ring (bicyclic) bond motifs is 1. The number of nitrogens with zero attached hydrogens (tertiary/aromatic N) is 2. The second kappa shape index (κ2) is 6.45. The summed E-state index contributed by atoms with van der Waals surface area (Å²) in [6.45, 7) is -1.08. The van der Waals surface area contributed by atoms with Crippen LogP contribution in [0.3, 0.4) is 0 Å². The molecule has 0 bridgehead atoms. The molecule has 2 heterocycles. The lowest BCUT2D eigenvalue weighted by Crippen LogP contribution is -2.56. The summed E-state index contributed by atoms with van der Waals surface area (Å²) in [4.78, 5) is 31.0. The number of benzene rings is 1. The van der Waals surface area contributed by atoms with Gasteiger partial charge in [0, 0.05) is 23.0 Å². The first kappa shape index (κ1) is 17.9. The summed E-state index contributed by atoms with van der Waals surface area (Å²) >= 11 is 5.81. The maximum atomic E-state index is 13.9. The van der Waals surface area contributed by atoms with Crippen molar-refractivity contribution in [1.29, 1.82) is 0 Å². The molecule has 1 aliphatic rings. The molecule has 3 rings (SSSR count). The lowest BCUT2D eigenvalue weighted by atomic mass is 9.89. The van der Waals surface area contributed by atoms with Gasteiger partial charge in [-0.1, -0.05) is 11.6 Å². The fourth-order valence-corrected chi connectivity index (χ4v) is 2.62. The summed E-state index contributed by atoms with van der Waals surface area (Å²) in [5.41, 5.74) is -3.65. The molecule has 2 amide bonds. The molecule has 1 unspecified atom stereocenters. The number of carbonyl (C=O) groups is 2. The number of nitrogens with one attached hydrogen (secondary N) is 2. The van der Waals surface area contributed by atoms with Crippen molar-refractivity contribution in [3.8, 4) is 0 Å². The third-order valence-electron chi connectivity index (χ3n) is 3.65. The van der Waals surface area contributed by atoms with Gasteiger partial charge in [0.2, 0.25) is 5.82 Å². The van der Waals surface area contributed by atoms with Crippen LogP contribution < -0.4 is 10.6 Å². The number of aromatic nitrogens is 2. The van der Waals surface area contributed by atoms with E-state index in [1.807, 2.05) is 0 Å². The van der Waals surface area contributed by atoms with Gasteiger partial charge in [-0.15, -0.1) is 0 Å². The summed E-state index contributed by atoms with van der Waals surface area (Å²) in [5, 5.41) is 4.25. The van der Waals surface area contributed by atoms with Crippen molar-refractivity contribution >= 4 is 29.3 Å². The molecular weight excluding hydrogens is 377 g/mol. The Morgan fingerprint density at radius 1 is 1.31 bits per heavy atom. The van der Waals surface area contributed by atoms with E-state index >= 15 is 0 Å². The molecule has 1 aromatic carbocycles. The number of amides is 2. The van der Waals surface area contributed by atoms with Gasteiger partial charge in [0.1, 0.15) is 0 Å². The summed E-state index contributed by atoms with van der Waals surface area (Å²) in [5.74, 6) is -1.27. The molecule has 0 saturated carbocycles. The maximum Gasteiger partial charge on any atom is 0.434 e. The first-order valence-electron chi connectivity index (χ1n) is 7.15. The topological polar surface area (TPSA) is 93.2 Å². The van der Waals surface area contributed by atoms with Crippen LogP contribution in [0.2, 0.25) is 5.02 Å². The Bertz CT molecular complexity index is 863. The van der Waals surface area contributed by atoms with Gasteiger partial charge in [-0.2, -0.15) is 13.2 Å². The van der Waals surface area contributed by atoms with E-state index in [4.69, 9.17) is 11.6 Å². The number of carbonyl (C=O) groups excluding carboxylic acids is 2. The molecule has 1 atom stereocenters. The first-order chi connectivity index (χ1) is 12.2. The zero-order chi connectivity index (χ0) is 18.9. The van der Waals surface area contributed by atoms with Crippen LogP contribution in [0.4, 0.5) is 23.7 Å². The highest BCUT2D eigenvalue weighted by Crippen LogP contribution is 2.47. The molecular formula is C15H10ClF3N4O3. The molecule has 0 saturated heterocycles. The largest absolute Gasteiger partial charge is 0.434 e. The molecule has 11 heteroatoms. The van der Waals surface area contributed by atoms with Crippen LogP contribution in [-0.2, 0) is 10.3 Å². The molecule has 1 aliphatic heterocycles. The van der Waals surface area contributed by atoms with Crippen molar-refractivity contribution < 1.29 is 27.5 Å². The third kappa shape index (κ3) is 3.15. The molecule has 7 nitrogen and oxygen atoms in total. The van der Waals surface area contributed by atoms with E-state index in [-0.39, 0.29) is 16.5 Å². The molecule has 0 aliphatic carbocycles. The van der Waals surface area contributed by atoms with Gasteiger partial charge < -0.3 is 10.1 Å². The van der Waals surface area contributed by atoms with Gasteiger partial charge in [0.25, 0.3) is 11.5 Å². The van der Waals surface area contributed by atoms with E-state index in [0.717, 1.165) is 6.07 Å². The standard InChI is InChI=1S/C15H10ClF3N4O3/c16-8-2-3-10-9(6-8)14(15(17,18)19,26-13(25)23-10)7-22-12(24)11-20-4-1-5-21-11/h1-6H,7H2,(H,22,24)(H,23,25). The van der Waals surface area contributed by atoms with Crippen molar-refractivity contribution in [1.82, 2.24) is 15.3 Å². The minimum atomic E-state index is -5.03. The lowest BCUT2D eigenvalue weighted by molar-refractivity contribution is -0.261. The molecule has 26 heavy (non-hydrogen) atoms. The fourth-order valence-electron chi connectivity index (χ4n) is 2.45. The molecule has 0 fully saturated rings. The number of alkyl halides is 3. The molecule has 2 N–H and O–H groups in total. The van der Waals surface area contributed by atoms with Crippen LogP contribution in [0, 0.1) is 0 Å². The first-order valence-corrected chi connectivity index (χ1v) is 7.53. The number of halogens is 4. The number of ether oxygens (including phenoxy) is 1. The van der Waals surface area contributed by atoms with Crippen LogP contribution in [-0.4, -0.2) is 34.7 Å². The van der Waals surface area contributed by atoms with Gasteiger partial charge in [0.15, 0.2) is 0 Å². The van der Waals surface area contributed by atoms with E-state index in [1.165, 1.54) is 30.6 Å². The number of anilines is 1. The van der Waals surface area contributed by atoms with Crippen molar-refractivity contribution in [3.63, 3.8) is 0 Å². The van der Waals surface area contributed by atoms with Crippen LogP contribution in [0.5, 0.6) is 0 Å². The third-order valence-corrected chi connectivity index (χ3v) is 3.88. The monoisotopic (exact) mass is 386 g/mol. The maximum absolute atomic E-state index is 13.9. The van der Waals surface area contributed by atoms with Crippen LogP contribution in [0.15, 0.2) is 36.7 Å². The normalized spacial score (nSPS) is 19.2. The fraction of sp³-hybridized carbons (Fsp3) is 0.200. The number of rotatable bonds is 3. The quantitative estimate of drug-likeness (QED) is 0.846. The highest BCUT2D eigenvalue weighted by Gasteiger charge is 2.62. The smallest absolute Gasteiger partial charge is 0.426 e. The van der Waals surface area contributed by atoms with Gasteiger partial charge in [-0.3, -0.25) is 10.1 Å². The zero-order valence-corrected chi connectivity index (χ0v) is 13.6. The highest BCUT2D eigenvalue weighted by atomic mass is 35.5. The average Bonchev–Trinajstić information content (AvgIpc) is 2.59. The summed E-state index contributed by atoms with van der Waals surface area (Å²) in [6, 6.07) is 5.01. The molecule has 2 aromatic rings. The minimum absolute atomic E-state index is 0.00911. The SMILES string of the molecule is O=C1Nc2ccc(Cl)cc2C(CNC(=O)c2ncccn2)(C(F)(F)F)O1. The Kier molecular flexibility index (Phi) is 4.45. The van der Waals surface area contributed by atoms with Gasteiger partial charge in [-0.25, -0.2) is 14.8 Å². The summed E-state index contributed by atoms with van der Waals surface area (Å²) in [6.07, 6.45) is -3.81. The van der Waals surface area contributed by atoms with Gasteiger partial charge >= 0.3 is 12.3 Å². The van der Waals surface area contributed by atoms with Crippen molar-refractivity contribution in [2.45, 2.75) is 11.8 Å². The Hall–Kier alpha value is -2.88. The van der Waals surface area contributed by atoms with E-state index in [9.17, 15) is 22.8 Å². The van der Waals surface area contributed by atoms with Crippen LogP contribution >= 0.6 is 11.6 Å². The van der Waals surface area contributed by atoms with E-state index in [2.05, 4.69) is 25.3 Å². The van der Waals surface area contributed by atoms with E-state index in [0.29, 0.717) is 0 Å². The minimum Gasteiger partial charge on any atom is -0.426 e. The van der Waals surface area contributed by atoms with Crippen LogP contribution in [0.1, 0.15) is 16.2 Å². The average molecular weight is 387 g/mol. The zero-order valence-electron chi connectivity index (χ0n) is 12.8. The predicted octanol–water partition coefficient (Wildman–Crippen LogP) is 2.88. The van der Waals surface area contributed by atoms with E-state index < -0.39 is 35.9 Å². The second-order valence-corrected chi connectivity index (χ2v) is 5.72. The number of cyclic esters (lactones) is 1. The summed E-state index contributed by atoms with van der Waals surface area (Å²) < 4.78 is 46.3. The Morgan fingerprint density at radius 2 is 2.00 bits per heavy atom. The van der Waals surface area contributed by atoms with Crippen molar-refractivity contribution in [3.05, 3.63) is 53.1 Å². The van der Waals surface area contributed by atoms with E-state index in [1.54, 1.807) is 0 Å². The molecule has 1 aromatic heterocycles. The lowest BCUT2D eigenvalue weighted by Gasteiger charge is -2.39. The molecule has 0 spiro atoms. The molecule has 136 valence electrons. The second-order valence-electron chi connectivity index (χ2n) is 5.28.